The first-order chi connectivity index (χ1) is 12.1. The summed E-state index contributed by atoms with van der Waals surface area (Å²) < 4.78 is 0. The van der Waals surface area contributed by atoms with E-state index in [2.05, 4.69) is 27.5 Å². The van der Waals surface area contributed by atoms with Crippen molar-refractivity contribution in [2.75, 3.05) is 10.6 Å². The largest absolute Gasteiger partial charge is 0.320 e. The molecule has 25 heavy (non-hydrogen) atoms. The Morgan fingerprint density at radius 3 is 2.84 bits per heavy atom. The summed E-state index contributed by atoms with van der Waals surface area (Å²) in [5, 5.41) is 7.16. The summed E-state index contributed by atoms with van der Waals surface area (Å²) in [6.45, 7) is 3.96. The number of rotatable bonds is 5. The standard InChI is InChI=1S/C18H17ClN4OS/c1-3-12-7-5-9-20-16(12)23-18-21-10-14(25-18)17(24)22-15-11(2)6-4-8-13(15)19/h4-10H,3H2,1-2H3,(H,22,24)(H,20,21,23). The Labute approximate surface area is 155 Å². The Kier molecular flexibility index (Phi) is 5.31. The van der Waals surface area contributed by atoms with Gasteiger partial charge in [-0.15, -0.1) is 0 Å². The molecule has 1 amide bonds. The molecule has 0 unspecified atom stereocenters. The summed E-state index contributed by atoms with van der Waals surface area (Å²) in [6, 6.07) is 9.40. The number of amides is 1. The van der Waals surface area contributed by atoms with E-state index in [1.54, 1.807) is 18.5 Å². The minimum Gasteiger partial charge on any atom is -0.320 e. The fourth-order valence-electron chi connectivity index (χ4n) is 2.34. The third-order valence-corrected chi connectivity index (χ3v) is 4.91. The lowest BCUT2D eigenvalue weighted by Crippen LogP contribution is -2.11. The number of nitrogens with zero attached hydrogens (tertiary/aromatic N) is 2. The molecule has 2 heterocycles. The van der Waals surface area contributed by atoms with Crippen LogP contribution in [0, 0.1) is 6.92 Å². The number of anilines is 3. The Balaban J connectivity index is 1.76. The number of carbonyl (C=O) groups excluding carboxylic acids is 1. The van der Waals surface area contributed by atoms with Crippen LogP contribution < -0.4 is 10.6 Å². The van der Waals surface area contributed by atoms with E-state index in [1.165, 1.54) is 11.3 Å². The molecule has 5 nitrogen and oxygen atoms in total. The van der Waals surface area contributed by atoms with Crippen molar-refractivity contribution in [3.63, 3.8) is 0 Å². The zero-order valence-electron chi connectivity index (χ0n) is 13.8. The molecular weight excluding hydrogens is 356 g/mol. The van der Waals surface area contributed by atoms with E-state index in [1.807, 2.05) is 31.2 Å². The van der Waals surface area contributed by atoms with Gasteiger partial charge in [-0.1, -0.05) is 48.1 Å². The summed E-state index contributed by atoms with van der Waals surface area (Å²) in [7, 11) is 0. The average Bonchev–Trinajstić information content (AvgIpc) is 3.07. The van der Waals surface area contributed by atoms with Crippen LogP contribution in [0.25, 0.3) is 0 Å². The summed E-state index contributed by atoms with van der Waals surface area (Å²) in [4.78, 5) is 21.6. The predicted octanol–water partition coefficient (Wildman–Crippen LogP) is 5.06. The van der Waals surface area contributed by atoms with Crippen LogP contribution in [0.3, 0.4) is 0 Å². The number of aromatic nitrogens is 2. The van der Waals surface area contributed by atoms with Gasteiger partial charge in [0.2, 0.25) is 0 Å². The monoisotopic (exact) mass is 372 g/mol. The number of para-hydroxylation sites is 1. The Morgan fingerprint density at radius 2 is 2.08 bits per heavy atom. The van der Waals surface area contributed by atoms with E-state index >= 15 is 0 Å². The topological polar surface area (TPSA) is 66.9 Å². The third kappa shape index (κ3) is 3.97. The van der Waals surface area contributed by atoms with Gasteiger partial charge < -0.3 is 10.6 Å². The maximum absolute atomic E-state index is 12.5. The van der Waals surface area contributed by atoms with Gasteiger partial charge in [-0.2, -0.15) is 0 Å². The molecule has 0 aliphatic heterocycles. The lowest BCUT2D eigenvalue weighted by Gasteiger charge is -2.09. The number of benzene rings is 1. The summed E-state index contributed by atoms with van der Waals surface area (Å²) >= 11 is 7.43. The van der Waals surface area contributed by atoms with Crippen molar-refractivity contribution < 1.29 is 4.79 Å². The van der Waals surface area contributed by atoms with Gasteiger partial charge in [0.1, 0.15) is 10.7 Å². The smallest absolute Gasteiger partial charge is 0.267 e. The molecule has 0 radical (unpaired) electrons. The Bertz CT molecular complexity index is 889. The molecule has 3 rings (SSSR count). The van der Waals surface area contributed by atoms with E-state index in [9.17, 15) is 4.79 Å². The number of halogens is 1. The second-order valence-electron chi connectivity index (χ2n) is 5.41. The first-order valence-electron chi connectivity index (χ1n) is 7.81. The first kappa shape index (κ1) is 17.4. The Morgan fingerprint density at radius 1 is 1.24 bits per heavy atom. The molecule has 0 fully saturated rings. The summed E-state index contributed by atoms with van der Waals surface area (Å²) in [5.74, 6) is 0.520. The van der Waals surface area contributed by atoms with Gasteiger partial charge in [0.15, 0.2) is 5.13 Å². The van der Waals surface area contributed by atoms with E-state index < -0.39 is 0 Å². The zero-order chi connectivity index (χ0) is 17.8. The number of pyridine rings is 1. The maximum Gasteiger partial charge on any atom is 0.267 e. The van der Waals surface area contributed by atoms with Crippen LogP contribution in [0.4, 0.5) is 16.6 Å². The highest BCUT2D eigenvalue weighted by atomic mass is 35.5. The molecule has 1 aromatic carbocycles. The van der Waals surface area contributed by atoms with Gasteiger partial charge in [-0.3, -0.25) is 4.79 Å². The SMILES string of the molecule is CCc1cccnc1Nc1ncc(C(=O)Nc2c(C)cccc2Cl)s1. The second kappa shape index (κ2) is 7.63. The number of aryl methyl sites for hydroxylation is 2. The number of hydrogen-bond acceptors (Lipinski definition) is 5. The molecule has 0 saturated heterocycles. The van der Waals surface area contributed by atoms with Crippen LogP contribution in [0.15, 0.2) is 42.7 Å². The van der Waals surface area contributed by atoms with Crippen LogP contribution in [-0.2, 0) is 6.42 Å². The molecule has 0 aliphatic carbocycles. The first-order valence-corrected chi connectivity index (χ1v) is 9.01. The molecule has 2 N–H and O–H groups in total. The number of nitrogens with one attached hydrogen (secondary N) is 2. The van der Waals surface area contributed by atoms with Crippen LogP contribution in [0.1, 0.15) is 27.7 Å². The number of carbonyl (C=O) groups is 1. The zero-order valence-corrected chi connectivity index (χ0v) is 15.4. The molecule has 0 bridgehead atoms. The molecule has 2 aromatic heterocycles. The number of thiazole rings is 1. The fourth-order valence-corrected chi connectivity index (χ4v) is 3.32. The van der Waals surface area contributed by atoms with Gasteiger partial charge in [-0.05, 0) is 36.6 Å². The van der Waals surface area contributed by atoms with Crippen molar-refractivity contribution >= 4 is 45.5 Å². The van der Waals surface area contributed by atoms with Crippen molar-refractivity contribution in [1.82, 2.24) is 9.97 Å². The molecule has 7 heteroatoms. The van der Waals surface area contributed by atoms with Gasteiger partial charge in [0.25, 0.3) is 5.91 Å². The van der Waals surface area contributed by atoms with Gasteiger partial charge in [0.05, 0.1) is 16.9 Å². The van der Waals surface area contributed by atoms with Crippen molar-refractivity contribution in [3.05, 3.63) is 63.8 Å². The average molecular weight is 373 g/mol. The highest BCUT2D eigenvalue weighted by molar-refractivity contribution is 7.17. The minimum atomic E-state index is -0.238. The van der Waals surface area contributed by atoms with Crippen LogP contribution in [0.5, 0.6) is 0 Å². The molecule has 0 aliphatic rings. The maximum atomic E-state index is 12.5. The number of hydrogen-bond donors (Lipinski definition) is 2. The lowest BCUT2D eigenvalue weighted by atomic mass is 10.2. The molecular formula is C18H17ClN4OS. The van der Waals surface area contributed by atoms with E-state index in [0.717, 1.165) is 23.4 Å². The normalized spacial score (nSPS) is 10.5. The van der Waals surface area contributed by atoms with Crippen LogP contribution in [0.2, 0.25) is 5.02 Å². The minimum absolute atomic E-state index is 0.238. The van der Waals surface area contributed by atoms with Gasteiger partial charge >= 0.3 is 0 Å². The highest BCUT2D eigenvalue weighted by Crippen LogP contribution is 2.28. The summed E-state index contributed by atoms with van der Waals surface area (Å²) in [6.07, 6.45) is 4.13. The Hall–Kier alpha value is -2.44. The van der Waals surface area contributed by atoms with E-state index in [-0.39, 0.29) is 5.91 Å². The van der Waals surface area contributed by atoms with Crippen LogP contribution in [-0.4, -0.2) is 15.9 Å². The van der Waals surface area contributed by atoms with Crippen molar-refractivity contribution in [3.8, 4) is 0 Å². The van der Waals surface area contributed by atoms with Crippen LogP contribution >= 0.6 is 22.9 Å². The highest BCUT2D eigenvalue weighted by Gasteiger charge is 2.14. The summed E-state index contributed by atoms with van der Waals surface area (Å²) in [5.41, 5.74) is 2.62. The lowest BCUT2D eigenvalue weighted by molar-refractivity contribution is 0.103. The van der Waals surface area contributed by atoms with E-state index in [0.29, 0.717) is 20.7 Å². The molecule has 0 saturated carbocycles. The van der Waals surface area contributed by atoms with Gasteiger partial charge in [-0.25, -0.2) is 9.97 Å². The predicted molar refractivity (Wildman–Crippen MR) is 103 cm³/mol. The van der Waals surface area contributed by atoms with Crippen molar-refractivity contribution in [2.45, 2.75) is 20.3 Å². The van der Waals surface area contributed by atoms with Crippen molar-refractivity contribution in [2.24, 2.45) is 0 Å². The fraction of sp³-hybridized carbons (Fsp3) is 0.167. The third-order valence-electron chi connectivity index (χ3n) is 3.69. The molecule has 3 aromatic rings. The molecule has 0 atom stereocenters. The quantitative estimate of drug-likeness (QED) is 0.657. The van der Waals surface area contributed by atoms with Crippen molar-refractivity contribution in [1.29, 1.82) is 0 Å². The van der Waals surface area contributed by atoms with Gasteiger partial charge in [0, 0.05) is 6.20 Å². The molecule has 0 spiro atoms. The molecule has 128 valence electrons. The second-order valence-corrected chi connectivity index (χ2v) is 6.84. The van der Waals surface area contributed by atoms with E-state index in [4.69, 9.17) is 11.6 Å².